The van der Waals surface area contributed by atoms with Gasteiger partial charge >= 0.3 is 0 Å². The van der Waals surface area contributed by atoms with Crippen molar-refractivity contribution in [2.24, 2.45) is 0 Å². The molecule has 1 atom stereocenters. The topological polar surface area (TPSA) is 86.1 Å². The quantitative estimate of drug-likeness (QED) is 0.400. The molecule has 1 unspecified atom stereocenters. The number of amides is 2. The van der Waals surface area contributed by atoms with Crippen LogP contribution in [0, 0.1) is 11.3 Å². The number of nitriles is 1. The number of hydrogen-bond acceptors (Lipinski definition) is 6. The first-order valence-electron chi connectivity index (χ1n) is 12.9. The van der Waals surface area contributed by atoms with E-state index in [0.29, 0.717) is 41.8 Å². The van der Waals surface area contributed by atoms with E-state index in [0.717, 1.165) is 29.8 Å². The molecule has 0 aromatic heterocycles. The van der Waals surface area contributed by atoms with Gasteiger partial charge < -0.3 is 14.4 Å². The molecule has 3 aromatic rings. The zero-order valence-corrected chi connectivity index (χ0v) is 23.5. The molecule has 0 aliphatic carbocycles. The van der Waals surface area contributed by atoms with Crippen molar-refractivity contribution >= 4 is 40.7 Å². The average molecular weight is 579 g/mol. The summed E-state index contributed by atoms with van der Waals surface area (Å²) in [4.78, 5) is 32.0. The van der Waals surface area contributed by atoms with Gasteiger partial charge in [-0.3, -0.25) is 19.4 Å². The first kappa shape index (κ1) is 27.9. The molecule has 0 saturated carbocycles. The van der Waals surface area contributed by atoms with Crippen molar-refractivity contribution in [1.29, 1.82) is 5.26 Å². The van der Waals surface area contributed by atoms with E-state index in [1.165, 1.54) is 4.90 Å². The summed E-state index contributed by atoms with van der Waals surface area (Å²) in [6.45, 7) is 3.06. The molecule has 0 bridgehead atoms. The summed E-state index contributed by atoms with van der Waals surface area (Å²) in [5.74, 6) is -0.154. The first-order valence-corrected chi connectivity index (χ1v) is 13.7. The highest BCUT2D eigenvalue weighted by Crippen LogP contribution is 2.39. The van der Waals surface area contributed by atoms with Crippen molar-refractivity contribution in [2.45, 2.75) is 6.04 Å². The minimum absolute atomic E-state index is 0.168. The Morgan fingerprint density at radius 1 is 1.05 bits per heavy atom. The van der Waals surface area contributed by atoms with Crippen LogP contribution in [-0.2, 0) is 14.3 Å². The van der Waals surface area contributed by atoms with Gasteiger partial charge in [0.2, 0.25) is 5.91 Å². The largest absolute Gasteiger partial charge is 0.482 e. The number of benzene rings is 3. The van der Waals surface area contributed by atoms with Crippen LogP contribution in [0.4, 0.5) is 5.69 Å². The first-order chi connectivity index (χ1) is 19.3. The highest BCUT2D eigenvalue weighted by molar-refractivity contribution is 6.42. The molecule has 2 aliphatic rings. The Bertz CT molecular complexity index is 1450. The summed E-state index contributed by atoms with van der Waals surface area (Å²) in [5.41, 5.74) is 3.94. The van der Waals surface area contributed by atoms with Crippen molar-refractivity contribution in [3.8, 4) is 22.9 Å². The third-order valence-corrected chi connectivity index (χ3v) is 7.97. The van der Waals surface area contributed by atoms with Gasteiger partial charge in [0, 0.05) is 32.7 Å². The molecule has 2 heterocycles. The number of fused-ring (bicyclic) bond motifs is 1. The molecule has 8 nitrogen and oxygen atoms in total. The van der Waals surface area contributed by atoms with E-state index in [1.54, 1.807) is 36.2 Å². The van der Waals surface area contributed by atoms with Crippen LogP contribution in [0.15, 0.2) is 60.7 Å². The molecule has 0 N–H and O–H groups in total. The maximum absolute atomic E-state index is 13.8. The van der Waals surface area contributed by atoms with E-state index in [2.05, 4.69) is 17.0 Å². The molecule has 3 aromatic carbocycles. The molecule has 2 amide bonds. The van der Waals surface area contributed by atoms with E-state index < -0.39 is 0 Å². The summed E-state index contributed by atoms with van der Waals surface area (Å²) in [7, 11) is 1.77. The highest BCUT2D eigenvalue weighted by Gasteiger charge is 2.32. The Balaban J connectivity index is 1.43. The standard InChI is InChI=1S/C30H28Cl2N4O4/c1-34(29(37)18-36-26-14-24(31)25(32)15-28(26)40-19-30(36)38)27(17-35-9-11-39-12-10-35)23-4-2-3-22(13-23)21-7-5-20(16-33)6-8-21/h2-8,13-15,27H,9-12,17-19H2,1H3. The number of rotatable bonds is 7. The molecule has 0 radical (unpaired) electrons. The Kier molecular flexibility index (Phi) is 8.57. The number of likely N-dealkylation sites (N-methyl/N-ethyl adjacent to an activating group) is 1. The minimum Gasteiger partial charge on any atom is -0.482 e. The molecule has 206 valence electrons. The van der Waals surface area contributed by atoms with Crippen LogP contribution in [0.25, 0.3) is 11.1 Å². The molecular weight excluding hydrogens is 551 g/mol. The Morgan fingerprint density at radius 2 is 1.77 bits per heavy atom. The van der Waals surface area contributed by atoms with Crippen molar-refractivity contribution in [2.75, 3.05) is 57.9 Å². The molecule has 5 rings (SSSR count). The van der Waals surface area contributed by atoms with Crippen LogP contribution >= 0.6 is 23.2 Å². The lowest BCUT2D eigenvalue weighted by Crippen LogP contribution is -2.48. The summed E-state index contributed by atoms with van der Waals surface area (Å²) in [6.07, 6.45) is 0. The highest BCUT2D eigenvalue weighted by atomic mass is 35.5. The van der Waals surface area contributed by atoms with Gasteiger partial charge in [0.1, 0.15) is 12.3 Å². The predicted molar refractivity (Wildman–Crippen MR) is 154 cm³/mol. The number of carbonyl (C=O) groups is 2. The summed E-state index contributed by atoms with van der Waals surface area (Å²) in [6, 6.07) is 20.5. The van der Waals surface area contributed by atoms with Gasteiger partial charge in [0.15, 0.2) is 6.61 Å². The summed E-state index contributed by atoms with van der Waals surface area (Å²) in [5, 5.41) is 9.74. The lowest BCUT2D eigenvalue weighted by molar-refractivity contribution is -0.133. The number of halogens is 2. The second-order valence-corrected chi connectivity index (χ2v) is 10.6. The maximum atomic E-state index is 13.8. The van der Waals surface area contributed by atoms with Crippen molar-refractivity contribution in [1.82, 2.24) is 9.80 Å². The Morgan fingerprint density at radius 3 is 2.50 bits per heavy atom. The number of carbonyl (C=O) groups excluding carboxylic acids is 2. The van der Waals surface area contributed by atoms with Gasteiger partial charge in [0.05, 0.1) is 46.6 Å². The van der Waals surface area contributed by atoms with Crippen LogP contribution in [0.5, 0.6) is 5.75 Å². The molecule has 0 spiro atoms. The average Bonchev–Trinajstić information content (AvgIpc) is 2.98. The van der Waals surface area contributed by atoms with Crippen molar-refractivity contribution in [3.63, 3.8) is 0 Å². The van der Waals surface area contributed by atoms with Crippen molar-refractivity contribution in [3.05, 3.63) is 81.8 Å². The van der Waals surface area contributed by atoms with E-state index in [9.17, 15) is 9.59 Å². The fraction of sp³-hybridized carbons (Fsp3) is 0.300. The lowest BCUT2D eigenvalue weighted by Gasteiger charge is -2.37. The molecular formula is C30H28Cl2N4O4. The minimum atomic E-state index is -0.333. The van der Waals surface area contributed by atoms with E-state index in [4.69, 9.17) is 37.9 Å². The molecule has 2 aliphatic heterocycles. The monoisotopic (exact) mass is 578 g/mol. The second kappa shape index (κ2) is 12.3. The molecule has 10 heteroatoms. The van der Waals surface area contributed by atoms with Crippen LogP contribution in [0.3, 0.4) is 0 Å². The SMILES string of the molecule is CN(C(=O)CN1C(=O)COc2cc(Cl)c(Cl)cc21)C(CN1CCOCC1)c1cccc(-c2ccc(C#N)cc2)c1. The van der Waals surface area contributed by atoms with E-state index in [1.807, 2.05) is 30.3 Å². The lowest BCUT2D eigenvalue weighted by atomic mass is 9.97. The molecule has 40 heavy (non-hydrogen) atoms. The predicted octanol–water partition coefficient (Wildman–Crippen LogP) is 4.79. The van der Waals surface area contributed by atoms with Gasteiger partial charge in [-0.1, -0.05) is 53.5 Å². The van der Waals surface area contributed by atoms with Gasteiger partial charge in [-0.2, -0.15) is 5.26 Å². The maximum Gasteiger partial charge on any atom is 0.265 e. The van der Waals surface area contributed by atoms with Gasteiger partial charge in [0.25, 0.3) is 5.91 Å². The fourth-order valence-electron chi connectivity index (χ4n) is 4.93. The number of ether oxygens (including phenoxy) is 2. The number of anilines is 1. The van der Waals surface area contributed by atoms with E-state index >= 15 is 0 Å². The third-order valence-electron chi connectivity index (χ3n) is 7.25. The second-order valence-electron chi connectivity index (χ2n) is 9.75. The Labute approximate surface area is 243 Å². The normalized spacial score (nSPS) is 16.1. The number of morpholine rings is 1. The summed E-state index contributed by atoms with van der Waals surface area (Å²) < 4.78 is 11.1. The van der Waals surface area contributed by atoms with Gasteiger partial charge in [-0.15, -0.1) is 0 Å². The van der Waals surface area contributed by atoms with Crippen molar-refractivity contribution < 1.29 is 19.1 Å². The number of nitrogens with zero attached hydrogens (tertiary/aromatic N) is 4. The van der Waals surface area contributed by atoms with Gasteiger partial charge in [-0.05, 0) is 41.0 Å². The zero-order chi connectivity index (χ0) is 28.2. The Hall–Kier alpha value is -3.61. The van der Waals surface area contributed by atoms with Crippen LogP contribution in [-0.4, -0.2) is 74.7 Å². The van der Waals surface area contributed by atoms with Crippen LogP contribution in [0.1, 0.15) is 17.2 Å². The third kappa shape index (κ3) is 6.08. The molecule has 1 fully saturated rings. The fourth-order valence-corrected chi connectivity index (χ4v) is 5.24. The zero-order valence-electron chi connectivity index (χ0n) is 22.0. The smallest absolute Gasteiger partial charge is 0.265 e. The van der Waals surface area contributed by atoms with Gasteiger partial charge in [-0.25, -0.2) is 0 Å². The molecule has 1 saturated heterocycles. The summed E-state index contributed by atoms with van der Waals surface area (Å²) >= 11 is 12.4. The van der Waals surface area contributed by atoms with E-state index in [-0.39, 0.29) is 36.0 Å². The van der Waals surface area contributed by atoms with Crippen LogP contribution < -0.4 is 9.64 Å². The van der Waals surface area contributed by atoms with Crippen LogP contribution in [0.2, 0.25) is 10.0 Å². The number of hydrogen-bond donors (Lipinski definition) is 0.